The summed E-state index contributed by atoms with van der Waals surface area (Å²) < 4.78 is 38.5. The predicted octanol–water partition coefficient (Wildman–Crippen LogP) is 2.78. The van der Waals surface area contributed by atoms with Crippen LogP contribution in [0.2, 0.25) is 0 Å². The molecule has 176 valence electrons. The topological polar surface area (TPSA) is 97.0 Å². The maximum absolute atomic E-state index is 12.5. The Labute approximate surface area is 194 Å². The highest BCUT2D eigenvalue weighted by Crippen LogP contribution is 2.32. The summed E-state index contributed by atoms with van der Waals surface area (Å²) >= 11 is 1.65. The third-order valence-corrected chi connectivity index (χ3v) is 7.40. The van der Waals surface area contributed by atoms with E-state index in [1.54, 1.807) is 17.4 Å². The minimum absolute atomic E-state index is 0.0175. The summed E-state index contributed by atoms with van der Waals surface area (Å²) in [7, 11) is 0.387. The minimum Gasteiger partial charge on any atom is -0.486 e. The summed E-state index contributed by atoms with van der Waals surface area (Å²) in [5.74, 6) is 1.02. The summed E-state index contributed by atoms with van der Waals surface area (Å²) in [6.07, 6.45) is 2.56. The molecule has 2 N–H and O–H groups in total. The summed E-state index contributed by atoms with van der Waals surface area (Å²) in [5.41, 5.74) is 1.20. The molecule has 1 aromatic heterocycles. The van der Waals surface area contributed by atoms with Gasteiger partial charge in [0.25, 0.3) is 0 Å². The maximum Gasteiger partial charge on any atom is 0.240 e. The molecule has 1 aliphatic heterocycles. The van der Waals surface area contributed by atoms with Crippen molar-refractivity contribution < 1.29 is 22.7 Å². The van der Waals surface area contributed by atoms with E-state index in [0.29, 0.717) is 57.1 Å². The number of likely N-dealkylation sites (N-methyl/N-ethyl adjacent to an activating group) is 1. The molecule has 8 nitrogen and oxygen atoms in total. The number of nitrogens with one attached hydrogen (secondary N) is 2. The van der Waals surface area contributed by atoms with Gasteiger partial charge in [-0.3, -0.25) is 4.79 Å². The van der Waals surface area contributed by atoms with E-state index in [0.717, 1.165) is 6.42 Å². The highest BCUT2D eigenvalue weighted by atomic mass is 32.2. The maximum atomic E-state index is 12.5. The lowest BCUT2D eigenvalue weighted by atomic mass is 10.1. The Morgan fingerprint density at radius 2 is 1.91 bits per heavy atom. The van der Waals surface area contributed by atoms with Gasteiger partial charge in [0.15, 0.2) is 11.5 Å². The largest absolute Gasteiger partial charge is 0.486 e. The predicted molar refractivity (Wildman–Crippen MR) is 125 cm³/mol. The number of thiophene rings is 1. The highest BCUT2D eigenvalue weighted by molar-refractivity contribution is 7.89. The molecule has 2 heterocycles. The molecule has 0 saturated carbocycles. The van der Waals surface area contributed by atoms with Crippen LogP contribution in [-0.4, -0.2) is 59.6 Å². The fraction of sp³-hybridized carbons (Fsp3) is 0.500. The average Bonchev–Trinajstić information content (AvgIpc) is 3.30. The Balaban J connectivity index is 1.33. The van der Waals surface area contributed by atoms with Crippen LogP contribution in [0.4, 0.5) is 0 Å². The number of hydrogen-bond acceptors (Lipinski definition) is 7. The van der Waals surface area contributed by atoms with E-state index in [-0.39, 0.29) is 16.8 Å². The number of carbonyl (C=O) groups is 1. The van der Waals surface area contributed by atoms with E-state index in [2.05, 4.69) is 26.4 Å². The van der Waals surface area contributed by atoms with Gasteiger partial charge in [0.05, 0.1) is 10.9 Å². The second kappa shape index (κ2) is 11.6. The fourth-order valence-electron chi connectivity index (χ4n) is 3.43. The van der Waals surface area contributed by atoms with Crippen molar-refractivity contribution in [1.29, 1.82) is 0 Å². The van der Waals surface area contributed by atoms with Gasteiger partial charge in [-0.25, -0.2) is 13.1 Å². The van der Waals surface area contributed by atoms with Gasteiger partial charge in [0.2, 0.25) is 15.9 Å². The molecule has 0 bridgehead atoms. The number of sulfonamides is 1. The Hall–Kier alpha value is -2.14. The Morgan fingerprint density at radius 3 is 2.62 bits per heavy atom. The molecule has 0 fully saturated rings. The van der Waals surface area contributed by atoms with Crippen LogP contribution in [-0.2, 0) is 14.8 Å². The number of benzene rings is 1. The smallest absolute Gasteiger partial charge is 0.240 e. The van der Waals surface area contributed by atoms with Crippen molar-refractivity contribution in [3.63, 3.8) is 0 Å². The van der Waals surface area contributed by atoms with Gasteiger partial charge in [0.1, 0.15) is 13.2 Å². The first-order chi connectivity index (χ1) is 15.4. The van der Waals surface area contributed by atoms with Crippen molar-refractivity contribution in [3.8, 4) is 11.5 Å². The van der Waals surface area contributed by atoms with E-state index >= 15 is 0 Å². The van der Waals surface area contributed by atoms with Crippen molar-refractivity contribution in [2.75, 3.05) is 40.4 Å². The van der Waals surface area contributed by atoms with Crippen LogP contribution < -0.4 is 19.5 Å². The van der Waals surface area contributed by atoms with E-state index in [4.69, 9.17) is 9.47 Å². The molecule has 0 radical (unpaired) electrons. The molecule has 32 heavy (non-hydrogen) atoms. The molecule has 0 aliphatic carbocycles. The first kappa shape index (κ1) is 24.5. The molecule has 0 saturated heterocycles. The molecule has 2 aromatic rings. The van der Waals surface area contributed by atoms with Crippen molar-refractivity contribution in [1.82, 2.24) is 14.9 Å². The summed E-state index contributed by atoms with van der Waals surface area (Å²) in [4.78, 5) is 14.4. The van der Waals surface area contributed by atoms with E-state index < -0.39 is 10.0 Å². The second-order valence-electron chi connectivity index (χ2n) is 7.85. The van der Waals surface area contributed by atoms with Gasteiger partial charge in [-0.2, -0.15) is 11.3 Å². The zero-order chi connectivity index (χ0) is 23.0. The van der Waals surface area contributed by atoms with Crippen LogP contribution >= 0.6 is 11.3 Å². The number of rotatable bonds is 12. The molecule has 10 heteroatoms. The summed E-state index contributed by atoms with van der Waals surface area (Å²) in [6, 6.07) is 6.84. The molecule has 3 rings (SSSR count). The first-order valence-corrected chi connectivity index (χ1v) is 13.1. The second-order valence-corrected chi connectivity index (χ2v) is 10.4. The Morgan fingerprint density at radius 1 is 1.12 bits per heavy atom. The molecule has 1 unspecified atom stereocenters. The molecule has 1 aromatic carbocycles. The number of amides is 1. The summed E-state index contributed by atoms with van der Waals surface area (Å²) in [5, 5.41) is 7.14. The lowest BCUT2D eigenvalue weighted by Gasteiger charge is -2.24. The molecular formula is C22H31N3O5S2. The van der Waals surface area contributed by atoms with E-state index in [9.17, 15) is 13.2 Å². The standard InChI is InChI=1S/C22H31N3O5S2/c1-25(2)19(17-9-13-31-16-17)15-23-22(26)6-4-3-5-10-24-32(27,28)18-7-8-20-21(14-18)30-12-11-29-20/h7-9,13-14,16,19,24H,3-6,10-12,15H2,1-2H3,(H,23,26). The van der Waals surface area contributed by atoms with Crippen molar-refractivity contribution in [2.45, 2.75) is 36.6 Å². The van der Waals surface area contributed by atoms with E-state index in [1.807, 2.05) is 19.5 Å². The van der Waals surface area contributed by atoms with Gasteiger partial charge < -0.3 is 19.7 Å². The zero-order valence-electron chi connectivity index (χ0n) is 18.5. The van der Waals surface area contributed by atoms with Crippen molar-refractivity contribution >= 4 is 27.3 Å². The molecule has 1 amide bonds. The number of nitrogens with zero attached hydrogens (tertiary/aromatic N) is 1. The Bertz CT molecular complexity index is 977. The van der Waals surface area contributed by atoms with Gasteiger partial charge in [-0.05, 0) is 61.5 Å². The number of hydrogen-bond donors (Lipinski definition) is 2. The minimum atomic E-state index is -3.61. The fourth-order valence-corrected chi connectivity index (χ4v) is 5.23. The number of fused-ring (bicyclic) bond motifs is 1. The number of unbranched alkanes of at least 4 members (excludes halogenated alkanes) is 2. The highest BCUT2D eigenvalue weighted by Gasteiger charge is 2.19. The van der Waals surface area contributed by atoms with Gasteiger partial charge in [-0.1, -0.05) is 6.42 Å². The third kappa shape index (κ3) is 6.93. The van der Waals surface area contributed by atoms with Crippen LogP contribution in [0.25, 0.3) is 0 Å². The number of ether oxygens (including phenoxy) is 2. The van der Waals surface area contributed by atoms with Crippen LogP contribution in [0.3, 0.4) is 0 Å². The van der Waals surface area contributed by atoms with Gasteiger partial charge >= 0.3 is 0 Å². The molecule has 0 spiro atoms. The molecular weight excluding hydrogens is 450 g/mol. The van der Waals surface area contributed by atoms with E-state index in [1.165, 1.54) is 17.7 Å². The SMILES string of the molecule is CN(C)C(CNC(=O)CCCCCNS(=O)(=O)c1ccc2c(c1)OCCO2)c1ccsc1. The normalized spacial score (nSPS) is 14.3. The van der Waals surface area contributed by atoms with Crippen molar-refractivity contribution in [2.24, 2.45) is 0 Å². The number of carbonyl (C=O) groups excluding carboxylic acids is 1. The zero-order valence-corrected chi connectivity index (χ0v) is 20.1. The summed E-state index contributed by atoms with van der Waals surface area (Å²) in [6.45, 7) is 1.75. The lowest BCUT2D eigenvalue weighted by Crippen LogP contribution is -2.34. The van der Waals surface area contributed by atoms with Gasteiger partial charge in [0, 0.05) is 25.6 Å². The van der Waals surface area contributed by atoms with Crippen LogP contribution in [0.5, 0.6) is 11.5 Å². The van der Waals surface area contributed by atoms with Gasteiger partial charge in [-0.15, -0.1) is 0 Å². The molecule has 1 atom stereocenters. The monoisotopic (exact) mass is 481 g/mol. The first-order valence-electron chi connectivity index (χ1n) is 10.7. The Kier molecular flexibility index (Phi) is 8.92. The van der Waals surface area contributed by atoms with Crippen molar-refractivity contribution in [3.05, 3.63) is 40.6 Å². The van der Waals surface area contributed by atoms with Crippen LogP contribution in [0, 0.1) is 0 Å². The quantitative estimate of drug-likeness (QED) is 0.453. The third-order valence-electron chi connectivity index (χ3n) is 5.24. The van der Waals surface area contributed by atoms with Crippen LogP contribution in [0.1, 0.15) is 37.3 Å². The van der Waals surface area contributed by atoms with Crippen LogP contribution in [0.15, 0.2) is 39.9 Å². The average molecular weight is 482 g/mol. The molecule has 1 aliphatic rings. The lowest BCUT2D eigenvalue weighted by molar-refractivity contribution is -0.121.